The summed E-state index contributed by atoms with van der Waals surface area (Å²) in [5, 5.41) is 0. The number of hydrogen-bond donors (Lipinski definition) is 0. The third-order valence-electron chi connectivity index (χ3n) is 3.19. The molecule has 1 aliphatic heterocycles. The summed E-state index contributed by atoms with van der Waals surface area (Å²) in [4.78, 5) is 13.8. The van der Waals surface area contributed by atoms with Gasteiger partial charge < -0.3 is 9.47 Å². The first-order valence-corrected chi connectivity index (χ1v) is 6.31. The molecule has 1 aromatic rings. The summed E-state index contributed by atoms with van der Waals surface area (Å²) in [7, 11) is 0. The lowest BCUT2D eigenvalue weighted by atomic mass is 10.2. The molecule has 1 amide bonds. The summed E-state index contributed by atoms with van der Waals surface area (Å²) in [5.41, 5.74) is 0.302. The fourth-order valence-corrected chi connectivity index (χ4v) is 2.15. The van der Waals surface area contributed by atoms with Crippen LogP contribution < -0.4 is 0 Å². The van der Waals surface area contributed by atoms with Crippen LogP contribution >= 0.6 is 0 Å². The van der Waals surface area contributed by atoms with Gasteiger partial charge in [0.15, 0.2) is 0 Å². The lowest BCUT2D eigenvalue weighted by molar-refractivity contribution is -0.0479. The van der Waals surface area contributed by atoms with Crippen LogP contribution in [0.2, 0.25) is 0 Å². The molecule has 0 bridgehead atoms. The van der Waals surface area contributed by atoms with Gasteiger partial charge in [0.2, 0.25) is 0 Å². The van der Waals surface area contributed by atoms with Gasteiger partial charge in [0.05, 0.1) is 12.6 Å². The molecule has 1 heterocycles. The molecule has 1 atom stereocenters. The standard InChI is InChI=1S/C15H19NO3/c1-4-13-11-19-15(2,3)16(13)14(17)18-10-12-8-6-5-7-9-12/h4-9,13H,1,10-11H2,2-3H3. The fraction of sp³-hybridized carbons (Fsp3) is 0.400. The SMILES string of the molecule is C=CC1COC(C)(C)N1C(=O)OCc1ccccc1. The molecule has 1 aliphatic rings. The Morgan fingerprint density at radius 2 is 2.21 bits per heavy atom. The molecule has 1 saturated heterocycles. The number of amides is 1. The molecule has 0 N–H and O–H groups in total. The Morgan fingerprint density at radius 1 is 1.53 bits per heavy atom. The summed E-state index contributed by atoms with van der Waals surface area (Å²) < 4.78 is 10.9. The third kappa shape index (κ3) is 2.96. The zero-order chi connectivity index (χ0) is 13.9. The van der Waals surface area contributed by atoms with E-state index < -0.39 is 5.72 Å². The maximum Gasteiger partial charge on any atom is 0.412 e. The fourth-order valence-electron chi connectivity index (χ4n) is 2.15. The van der Waals surface area contributed by atoms with Gasteiger partial charge in [-0.2, -0.15) is 0 Å². The van der Waals surface area contributed by atoms with Gasteiger partial charge in [-0.25, -0.2) is 4.79 Å². The Balaban J connectivity index is 2.00. The maximum atomic E-state index is 12.2. The zero-order valence-electron chi connectivity index (χ0n) is 11.3. The first kappa shape index (κ1) is 13.6. The molecule has 1 fully saturated rings. The van der Waals surface area contributed by atoms with E-state index in [1.165, 1.54) is 0 Å². The van der Waals surface area contributed by atoms with Crippen molar-refractivity contribution in [1.29, 1.82) is 0 Å². The monoisotopic (exact) mass is 261 g/mol. The molecule has 102 valence electrons. The number of nitrogens with zero attached hydrogens (tertiary/aromatic N) is 1. The Bertz CT molecular complexity index is 456. The van der Waals surface area contributed by atoms with Crippen molar-refractivity contribution in [2.75, 3.05) is 6.61 Å². The predicted octanol–water partition coefficient (Wildman–Crippen LogP) is 2.95. The minimum Gasteiger partial charge on any atom is -0.444 e. The summed E-state index contributed by atoms with van der Waals surface area (Å²) in [6, 6.07) is 9.46. The molecule has 0 saturated carbocycles. The third-order valence-corrected chi connectivity index (χ3v) is 3.19. The van der Waals surface area contributed by atoms with Crippen molar-refractivity contribution < 1.29 is 14.3 Å². The van der Waals surface area contributed by atoms with Crippen LogP contribution in [0.5, 0.6) is 0 Å². The van der Waals surface area contributed by atoms with Gasteiger partial charge in [-0.05, 0) is 19.4 Å². The molecule has 0 radical (unpaired) electrons. The van der Waals surface area contributed by atoms with Crippen LogP contribution in [0.3, 0.4) is 0 Å². The number of carbonyl (C=O) groups is 1. The molecule has 0 spiro atoms. The Hall–Kier alpha value is -1.81. The van der Waals surface area contributed by atoms with Gasteiger partial charge in [-0.3, -0.25) is 4.90 Å². The van der Waals surface area contributed by atoms with Gasteiger partial charge in [0.1, 0.15) is 12.3 Å². The zero-order valence-corrected chi connectivity index (χ0v) is 11.3. The van der Waals surface area contributed by atoms with Crippen LogP contribution in [0, 0.1) is 0 Å². The highest BCUT2D eigenvalue weighted by molar-refractivity contribution is 5.69. The molecule has 1 aromatic carbocycles. The van der Waals surface area contributed by atoms with Gasteiger partial charge in [-0.1, -0.05) is 36.4 Å². The first-order valence-electron chi connectivity index (χ1n) is 6.31. The Labute approximate surface area is 113 Å². The highest BCUT2D eigenvalue weighted by Crippen LogP contribution is 2.28. The largest absolute Gasteiger partial charge is 0.444 e. The normalized spacial score (nSPS) is 21.2. The van der Waals surface area contributed by atoms with E-state index in [1.807, 2.05) is 44.2 Å². The minimum atomic E-state index is -0.660. The van der Waals surface area contributed by atoms with Gasteiger partial charge in [-0.15, -0.1) is 6.58 Å². The number of hydrogen-bond acceptors (Lipinski definition) is 3. The van der Waals surface area contributed by atoms with Crippen molar-refractivity contribution in [2.24, 2.45) is 0 Å². The maximum absolute atomic E-state index is 12.2. The lowest BCUT2D eigenvalue weighted by Crippen LogP contribution is -2.47. The second-order valence-electron chi connectivity index (χ2n) is 4.97. The van der Waals surface area contributed by atoms with Crippen LogP contribution in [0.1, 0.15) is 19.4 Å². The van der Waals surface area contributed by atoms with Crippen molar-refractivity contribution in [2.45, 2.75) is 32.2 Å². The number of benzene rings is 1. The average molecular weight is 261 g/mol. The average Bonchev–Trinajstić information content (AvgIpc) is 2.72. The summed E-state index contributed by atoms with van der Waals surface area (Å²) >= 11 is 0. The van der Waals surface area contributed by atoms with Crippen LogP contribution in [-0.4, -0.2) is 29.4 Å². The van der Waals surface area contributed by atoms with E-state index in [0.29, 0.717) is 6.61 Å². The topological polar surface area (TPSA) is 38.8 Å². The number of rotatable bonds is 3. The van der Waals surface area contributed by atoms with E-state index in [0.717, 1.165) is 5.56 Å². The van der Waals surface area contributed by atoms with E-state index in [4.69, 9.17) is 9.47 Å². The summed E-state index contributed by atoms with van der Waals surface area (Å²) in [6.07, 6.45) is 1.33. The number of carbonyl (C=O) groups excluding carboxylic acids is 1. The molecule has 4 nitrogen and oxygen atoms in total. The van der Waals surface area contributed by atoms with E-state index in [1.54, 1.807) is 11.0 Å². The smallest absolute Gasteiger partial charge is 0.412 e. The van der Waals surface area contributed by atoms with Crippen molar-refractivity contribution in [1.82, 2.24) is 4.90 Å². The molecular formula is C15H19NO3. The van der Waals surface area contributed by atoms with Gasteiger partial charge in [0, 0.05) is 0 Å². The van der Waals surface area contributed by atoms with Crippen molar-refractivity contribution in [3.05, 3.63) is 48.6 Å². The number of ether oxygens (including phenoxy) is 2. The van der Waals surface area contributed by atoms with Gasteiger partial charge in [0.25, 0.3) is 0 Å². The first-order chi connectivity index (χ1) is 9.04. The van der Waals surface area contributed by atoms with E-state index in [-0.39, 0.29) is 18.7 Å². The molecular weight excluding hydrogens is 242 g/mol. The van der Waals surface area contributed by atoms with E-state index >= 15 is 0 Å². The molecule has 1 unspecified atom stereocenters. The van der Waals surface area contributed by atoms with E-state index in [9.17, 15) is 4.79 Å². The Morgan fingerprint density at radius 3 is 2.84 bits per heavy atom. The summed E-state index contributed by atoms with van der Waals surface area (Å²) in [5.74, 6) is 0. The highest BCUT2D eigenvalue weighted by Gasteiger charge is 2.43. The molecule has 19 heavy (non-hydrogen) atoms. The van der Waals surface area contributed by atoms with Gasteiger partial charge >= 0.3 is 6.09 Å². The highest BCUT2D eigenvalue weighted by atomic mass is 16.6. The minimum absolute atomic E-state index is 0.140. The second-order valence-corrected chi connectivity index (χ2v) is 4.97. The second kappa shape index (κ2) is 5.45. The lowest BCUT2D eigenvalue weighted by Gasteiger charge is -2.31. The van der Waals surface area contributed by atoms with Crippen molar-refractivity contribution in [3.8, 4) is 0 Å². The quantitative estimate of drug-likeness (QED) is 0.785. The van der Waals surface area contributed by atoms with Crippen LogP contribution in [0.25, 0.3) is 0 Å². The van der Waals surface area contributed by atoms with Crippen LogP contribution in [0.4, 0.5) is 4.79 Å². The predicted molar refractivity (Wildman–Crippen MR) is 72.5 cm³/mol. The molecule has 0 aromatic heterocycles. The van der Waals surface area contributed by atoms with Crippen LogP contribution in [0.15, 0.2) is 43.0 Å². The molecule has 0 aliphatic carbocycles. The molecule has 4 heteroatoms. The van der Waals surface area contributed by atoms with E-state index in [2.05, 4.69) is 6.58 Å². The van der Waals surface area contributed by atoms with Crippen molar-refractivity contribution in [3.63, 3.8) is 0 Å². The van der Waals surface area contributed by atoms with Crippen LogP contribution in [-0.2, 0) is 16.1 Å². The summed E-state index contributed by atoms with van der Waals surface area (Å²) in [6.45, 7) is 8.14. The van der Waals surface area contributed by atoms with Crippen molar-refractivity contribution >= 4 is 6.09 Å². The molecule has 2 rings (SSSR count). The Kier molecular flexibility index (Phi) is 3.90.